The van der Waals surface area contributed by atoms with E-state index in [-0.39, 0.29) is 0 Å². The molecule has 22 heavy (non-hydrogen) atoms. The van der Waals surface area contributed by atoms with Gasteiger partial charge in [-0.05, 0) is 37.9 Å². The number of rotatable bonds is 6. The van der Waals surface area contributed by atoms with Gasteiger partial charge in [-0.25, -0.2) is 0 Å². The Morgan fingerprint density at radius 3 is 2.91 bits per heavy atom. The van der Waals surface area contributed by atoms with Crippen LogP contribution in [0.3, 0.4) is 0 Å². The summed E-state index contributed by atoms with van der Waals surface area (Å²) in [7, 11) is 0. The van der Waals surface area contributed by atoms with E-state index >= 15 is 0 Å². The highest BCUT2D eigenvalue weighted by Gasteiger charge is 2.23. The van der Waals surface area contributed by atoms with Crippen LogP contribution >= 0.6 is 0 Å². The summed E-state index contributed by atoms with van der Waals surface area (Å²) in [4.78, 5) is 6.98. The first-order valence-corrected chi connectivity index (χ1v) is 8.14. The molecule has 0 spiro atoms. The van der Waals surface area contributed by atoms with Gasteiger partial charge in [-0.2, -0.15) is 4.98 Å². The zero-order valence-corrected chi connectivity index (χ0v) is 12.9. The molecule has 1 aliphatic rings. The van der Waals surface area contributed by atoms with E-state index in [1.165, 1.54) is 24.8 Å². The molecule has 118 valence electrons. The monoisotopic (exact) mass is 300 g/mol. The van der Waals surface area contributed by atoms with Crippen molar-refractivity contribution in [2.24, 2.45) is 5.73 Å². The van der Waals surface area contributed by atoms with Crippen molar-refractivity contribution in [1.29, 1.82) is 0 Å². The molecule has 1 saturated heterocycles. The molecule has 5 nitrogen and oxygen atoms in total. The lowest BCUT2D eigenvalue weighted by molar-refractivity contribution is 0.118. The molecular weight excluding hydrogens is 276 g/mol. The fourth-order valence-electron chi connectivity index (χ4n) is 3.17. The molecule has 0 radical (unpaired) electrons. The van der Waals surface area contributed by atoms with Gasteiger partial charge >= 0.3 is 0 Å². The van der Waals surface area contributed by atoms with Crippen molar-refractivity contribution in [1.82, 2.24) is 15.0 Å². The standard InChI is InChI=1S/C17H24N4O/c18-10-9-15-8-4-5-11-21(15)13-17-19-16(20-22-17)12-14-6-2-1-3-7-14/h1-3,6-7,15H,4-5,8-13,18H2. The molecule has 0 aliphatic carbocycles. The first-order chi connectivity index (χ1) is 10.8. The summed E-state index contributed by atoms with van der Waals surface area (Å²) in [5, 5.41) is 4.11. The lowest BCUT2D eigenvalue weighted by Gasteiger charge is -2.34. The predicted octanol–water partition coefficient (Wildman–Crippen LogP) is 2.36. The molecule has 2 aromatic rings. The minimum atomic E-state index is 0.559. The number of aromatic nitrogens is 2. The maximum absolute atomic E-state index is 5.73. The summed E-state index contributed by atoms with van der Waals surface area (Å²) < 4.78 is 5.43. The highest BCUT2D eigenvalue weighted by molar-refractivity contribution is 5.18. The fourth-order valence-corrected chi connectivity index (χ4v) is 3.17. The van der Waals surface area contributed by atoms with Crippen LogP contribution in [0.5, 0.6) is 0 Å². The quantitative estimate of drug-likeness (QED) is 0.887. The normalized spacial score (nSPS) is 19.4. The number of nitrogens with two attached hydrogens (primary N) is 1. The van der Waals surface area contributed by atoms with E-state index in [9.17, 15) is 0 Å². The number of piperidine rings is 1. The van der Waals surface area contributed by atoms with Crippen molar-refractivity contribution >= 4 is 0 Å². The second kappa shape index (κ2) is 7.51. The highest BCUT2D eigenvalue weighted by Crippen LogP contribution is 2.21. The van der Waals surface area contributed by atoms with E-state index in [4.69, 9.17) is 10.3 Å². The molecule has 1 aromatic carbocycles. The molecular formula is C17H24N4O. The smallest absolute Gasteiger partial charge is 0.240 e. The van der Waals surface area contributed by atoms with E-state index in [1.54, 1.807) is 0 Å². The Bertz CT molecular complexity index is 567. The van der Waals surface area contributed by atoms with Crippen molar-refractivity contribution in [3.63, 3.8) is 0 Å². The van der Waals surface area contributed by atoms with Crippen LogP contribution in [0.2, 0.25) is 0 Å². The Kier molecular flexibility index (Phi) is 5.19. The predicted molar refractivity (Wildman–Crippen MR) is 85.3 cm³/mol. The van der Waals surface area contributed by atoms with Crippen LogP contribution in [0, 0.1) is 0 Å². The first-order valence-electron chi connectivity index (χ1n) is 8.14. The zero-order chi connectivity index (χ0) is 15.2. The van der Waals surface area contributed by atoms with E-state index in [0.717, 1.165) is 44.2 Å². The Labute approximate surface area is 131 Å². The second-order valence-corrected chi connectivity index (χ2v) is 5.96. The Morgan fingerprint density at radius 1 is 1.23 bits per heavy atom. The van der Waals surface area contributed by atoms with E-state index in [2.05, 4.69) is 27.2 Å². The van der Waals surface area contributed by atoms with E-state index in [1.807, 2.05) is 18.2 Å². The third-order valence-electron chi connectivity index (χ3n) is 4.30. The molecule has 0 amide bonds. The van der Waals surface area contributed by atoms with Crippen LogP contribution in [-0.2, 0) is 13.0 Å². The number of nitrogens with zero attached hydrogens (tertiary/aromatic N) is 3. The molecule has 3 rings (SSSR count). The van der Waals surface area contributed by atoms with Crippen molar-refractivity contribution in [2.75, 3.05) is 13.1 Å². The molecule has 2 heterocycles. The average Bonchev–Trinajstić information content (AvgIpc) is 2.98. The minimum Gasteiger partial charge on any atom is -0.338 e. The summed E-state index contributed by atoms with van der Waals surface area (Å²) in [6, 6.07) is 10.8. The first kappa shape index (κ1) is 15.2. The van der Waals surface area contributed by atoms with Crippen LogP contribution < -0.4 is 5.73 Å². The molecule has 1 atom stereocenters. The summed E-state index contributed by atoms with van der Waals surface area (Å²) in [6.07, 6.45) is 5.53. The van der Waals surface area contributed by atoms with Crippen molar-refractivity contribution in [2.45, 2.75) is 44.7 Å². The van der Waals surface area contributed by atoms with Gasteiger partial charge in [0.1, 0.15) is 0 Å². The van der Waals surface area contributed by atoms with Gasteiger partial charge in [0.05, 0.1) is 6.54 Å². The van der Waals surface area contributed by atoms with Crippen LogP contribution in [0.15, 0.2) is 34.9 Å². The Morgan fingerprint density at radius 2 is 2.09 bits per heavy atom. The minimum absolute atomic E-state index is 0.559. The lowest BCUT2D eigenvalue weighted by atomic mass is 9.99. The van der Waals surface area contributed by atoms with Gasteiger partial charge in [-0.1, -0.05) is 41.9 Å². The summed E-state index contributed by atoms with van der Waals surface area (Å²) >= 11 is 0. The zero-order valence-electron chi connectivity index (χ0n) is 12.9. The summed E-state index contributed by atoms with van der Waals surface area (Å²) in [5.41, 5.74) is 6.93. The number of hydrogen-bond acceptors (Lipinski definition) is 5. The van der Waals surface area contributed by atoms with Crippen LogP contribution in [0.1, 0.15) is 43.0 Å². The largest absolute Gasteiger partial charge is 0.338 e. The van der Waals surface area contributed by atoms with Gasteiger partial charge in [0.15, 0.2) is 5.82 Å². The Hall–Kier alpha value is -1.72. The van der Waals surface area contributed by atoms with Gasteiger partial charge in [0.2, 0.25) is 5.89 Å². The lowest BCUT2D eigenvalue weighted by Crippen LogP contribution is -2.40. The van der Waals surface area contributed by atoms with E-state index in [0.29, 0.717) is 6.04 Å². The highest BCUT2D eigenvalue weighted by atomic mass is 16.5. The van der Waals surface area contributed by atoms with Crippen molar-refractivity contribution < 1.29 is 4.52 Å². The van der Waals surface area contributed by atoms with Gasteiger partial charge in [0, 0.05) is 12.5 Å². The third-order valence-corrected chi connectivity index (χ3v) is 4.30. The number of likely N-dealkylation sites (tertiary alicyclic amines) is 1. The molecule has 1 aromatic heterocycles. The molecule has 2 N–H and O–H groups in total. The molecule has 1 fully saturated rings. The van der Waals surface area contributed by atoms with Gasteiger partial charge in [-0.3, -0.25) is 4.90 Å². The molecule has 5 heteroatoms. The van der Waals surface area contributed by atoms with Crippen LogP contribution in [0.4, 0.5) is 0 Å². The molecule has 1 aliphatic heterocycles. The van der Waals surface area contributed by atoms with Gasteiger partial charge in [-0.15, -0.1) is 0 Å². The topological polar surface area (TPSA) is 68.2 Å². The SMILES string of the molecule is NCCC1CCCCN1Cc1nc(Cc2ccccc2)no1. The average molecular weight is 300 g/mol. The van der Waals surface area contributed by atoms with Crippen LogP contribution in [-0.4, -0.2) is 34.2 Å². The van der Waals surface area contributed by atoms with Gasteiger partial charge in [0.25, 0.3) is 0 Å². The van der Waals surface area contributed by atoms with Crippen molar-refractivity contribution in [3.05, 3.63) is 47.6 Å². The summed E-state index contributed by atoms with van der Waals surface area (Å²) in [6.45, 7) is 2.58. The summed E-state index contributed by atoms with van der Waals surface area (Å²) in [5.74, 6) is 1.48. The maximum Gasteiger partial charge on any atom is 0.240 e. The maximum atomic E-state index is 5.73. The van der Waals surface area contributed by atoms with Crippen molar-refractivity contribution in [3.8, 4) is 0 Å². The molecule has 0 bridgehead atoms. The van der Waals surface area contributed by atoms with Crippen LogP contribution in [0.25, 0.3) is 0 Å². The molecule has 0 saturated carbocycles. The second-order valence-electron chi connectivity index (χ2n) is 5.96. The third kappa shape index (κ3) is 3.93. The fraction of sp³-hybridized carbons (Fsp3) is 0.529. The molecule has 1 unspecified atom stereocenters. The van der Waals surface area contributed by atoms with Gasteiger partial charge < -0.3 is 10.3 Å². The number of hydrogen-bond donors (Lipinski definition) is 1. The Balaban J connectivity index is 1.61. The number of benzene rings is 1. The van der Waals surface area contributed by atoms with E-state index < -0.39 is 0 Å².